The molecule has 100 valence electrons. The van der Waals surface area contributed by atoms with Crippen molar-refractivity contribution in [2.75, 3.05) is 21.2 Å². The van der Waals surface area contributed by atoms with Crippen LogP contribution in [0.25, 0.3) is 0 Å². The summed E-state index contributed by atoms with van der Waals surface area (Å²) in [7, 11) is 6.02. The zero-order valence-corrected chi connectivity index (χ0v) is 12.3. The van der Waals surface area contributed by atoms with Crippen molar-refractivity contribution in [2.24, 2.45) is 0 Å². The number of nitrogens with zero attached hydrogens (tertiary/aromatic N) is 1. The van der Waals surface area contributed by atoms with E-state index in [2.05, 4.69) is 31.1 Å². The third-order valence-electron chi connectivity index (χ3n) is 4.23. The maximum atomic E-state index is 6.12. The minimum Gasteiger partial charge on any atom is -0.495 e. The lowest BCUT2D eigenvalue weighted by atomic mass is 9.75. The van der Waals surface area contributed by atoms with Crippen LogP contribution in [0.1, 0.15) is 37.7 Å². The molecule has 1 fully saturated rings. The standard InChI is InChI=1S/C15H22ClNO/c1-17(2)15(9-5-4-6-10-15)12-7-8-13(16)14(11-12)18-3/h7-8,11H,4-6,9-10H2,1-3H3. The summed E-state index contributed by atoms with van der Waals surface area (Å²) >= 11 is 6.12. The Hall–Kier alpha value is -0.730. The minimum absolute atomic E-state index is 0.149. The van der Waals surface area contributed by atoms with Crippen LogP contribution in [0.5, 0.6) is 5.75 Å². The van der Waals surface area contributed by atoms with Gasteiger partial charge in [-0.2, -0.15) is 0 Å². The van der Waals surface area contributed by atoms with Gasteiger partial charge in [-0.15, -0.1) is 0 Å². The van der Waals surface area contributed by atoms with Crippen molar-refractivity contribution in [2.45, 2.75) is 37.6 Å². The number of ether oxygens (including phenoxy) is 1. The van der Waals surface area contributed by atoms with E-state index in [-0.39, 0.29) is 5.54 Å². The van der Waals surface area contributed by atoms with Gasteiger partial charge >= 0.3 is 0 Å². The molecule has 1 aliphatic carbocycles. The van der Waals surface area contributed by atoms with E-state index in [0.717, 1.165) is 5.75 Å². The predicted molar refractivity (Wildman–Crippen MR) is 76.5 cm³/mol. The summed E-state index contributed by atoms with van der Waals surface area (Å²) in [6, 6.07) is 6.21. The van der Waals surface area contributed by atoms with E-state index < -0.39 is 0 Å². The van der Waals surface area contributed by atoms with Gasteiger partial charge < -0.3 is 4.74 Å². The van der Waals surface area contributed by atoms with Crippen molar-refractivity contribution in [3.8, 4) is 5.75 Å². The monoisotopic (exact) mass is 267 g/mol. The van der Waals surface area contributed by atoms with Crippen LogP contribution in [0.2, 0.25) is 5.02 Å². The molecule has 1 aromatic rings. The van der Waals surface area contributed by atoms with Gasteiger partial charge in [0.2, 0.25) is 0 Å². The Morgan fingerprint density at radius 3 is 2.39 bits per heavy atom. The van der Waals surface area contributed by atoms with Gasteiger partial charge in [0.1, 0.15) is 5.75 Å². The number of methoxy groups -OCH3 is 1. The minimum atomic E-state index is 0.149. The Labute approximate surface area is 115 Å². The Kier molecular flexibility index (Phi) is 4.18. The van der Waals surface area contributed by atoms with Crippen molar-refractivity contribution >= 4 is 11.6 Å². The summed E-state index contributed by atoms with van der Waals surface area (Å²) < 4.78 is 5.35. The first-order valence-corrected chi connectivity index (χ1v) is 6.99. The molecule has 0 heterocycles. The first kappa shape index (κ1) is 13.7. The normalized spacial score (nSPS) is 18.9. The molecule has 0 bridgehead atoms. The highest BCUT2D eigenvalue weighted by Crippen LogP contribution is 2.42. The van der Waals surface area contributed by atoms with Gasteiger partial charge in [-0.25, -0.2) is 0 Å². The average molecular weight is 268 g/mol. The predicted octanol–water partition coefficient (Wildman–Crippen LogP) is 4.07. The molecule has 0 unspecified atom stereocenters. The van der Waals surface area contributed by atoms with Gasteiger partial charge in [0.15, 0.2) is 0 Å². The summed E-state index contributed by atoms with van der Waals surface area (Å²) in [5.41, 5.74) is 1.48. The Morgan fingerprint density at radius 2 is 1.83 bits per heavy atom. The fourth-order valence-electron chi connectivity index (χ4n) is 3.08. The second kappa shape index (κ2) is 5.50. The summed E-state index contributed by atoms with van der Waals surface area (Å²) in [6.07, 6.45) is 6.36. The molecule has 0 spiro atoms. The highest BCUT2D eigenvalue weighted by atomic mass is 35.5. The number of hydrogen-bond acceptors (Lipinski definition) is 2. The molecule has 0 aromatic heterocycles. The molecule has 0 atom stereocenters. The molecule has 2 rings (SSSR count). The van der Waals surface area contributed by atoms with Gasteiger partial charge in [0, 0.05) is 5.54 Å². The molecular weight excluding hydrogens is 246 g/mol. The lowest BCUT2D eigenvalue weighted by Gasteiger charge is -2.43. The molecule has 3 heteroatoms. The van der Waals surface area contributed by atoms with E-state index in [1.807, 2.05) is 6.07 Å². The third-order valence-corrected chi connectivity index (χ3v) is 4.54. The van der Waals surface area contributed by atoms with Gasteiger partial charge in [-0.1, -0.05) is 36.9 Å². The maximum Gasteiger partial charge on any atom is 0.137 e. The van der Waals surface area contributed by atoms with E-state index in [0.29, 0.717) is 5.02 Å². The lowest BCUT2D eigenvalue weighted by molar-refractivity contribution is 0.0986. The van der Waals surface area contributed by atoms with Crippen molar-refractivity contribution < 1.29 is 4.74 Å². The highest BCUT2D eigenvalue weighted by molar-refractivity contribution is 6.32. The quantitative estimate of drug-likeness (QED) is 0.819. The molecule has 0 amide bonds. The van der Waals surface area contributed by atoms with Gasteiger partial charge in [-0.05, 0) is 44.6 Å². The Morgan fingerprint density at radius 1 is 1.17 bits per heavy atom. The largest absolute Gasteiger partial charge is 0.495 e. The number of halogens is 1. The molecule has 2 nitrogen and oxygen atoms in total. The van der Waals surface area contributed by atoms with Gasteiger partial charge in [0.05, 0.1) is 12.1 Å². The SMILES string of the molecule is COc1cc(C2(N(C)C)CCCCC2)ccc1Cl. The van der Waals surface area contributed by atoms with Crippen molar-refractivity contribution in [3.05, 3.63) is 28.8 Å². The number of hydrogen-bond donors (Lipinski definition) is 0. The van der Waals surface area contributed by atoms with Crippen LogP contribution in [0.4, 0.5) is 0 Å². The zero-order valence-electron chi connectivity index (χ0n) is 11.5. The second-order valence-electron chi connectivity index (χ2n) is 5.34. The number of benzene rings is 1. The van der Waals surface area contributed by atoms with E-state index in [1.165, 1.54) is 37.7 Å². The van der Waals surface area contributed by atoms with Crippen LogP contribution >= 0.6 is 11.6 Å². The first-order valence-electron chi connectivity index (χ1n) is 6.61. The zero-order chi connectivity index (χ0) is 13.2. The van der Waals surface area contributed by atoms with Crippen molar-refractivity contribution in [3.63, 3.8) is 0 Å². The molecule has 0 saturated heterocycles. The van der Waals surface area contributed by atoms with E-state index in [1.54, 1.807) is 7.11 Å². The van der Waals surface area contributed by atoms with Gasteiger partial charge in [-0.3, -0.25) is 4.90 Å². The van der Waals surface area contributed by atoms with Crippen LogP contribution in [0, 0.1) is 0 Å². The van der Waals surface area contributed by atoms with Crippen LogP contribution in [-0.2, 0) is 5.54 Å². The van der Waals surface area contributed by atoms with Crippen LogP contribution in [0.15, 0.2) is 18.2 Å². The number of rotatable bonds is 3. The topological polar surface area (TPSA) is 12.5 Å². The summed E-state index contributed by atoms with van der Waals surface area (Å²) in [6.45, 7) is 0. The molecule has 1 aromatic carbocycles. The highest BCUT2D eigenvalue weighted by Gasteiger charge is 2.36. The Balaban J connectivity index is 2.42. The van der Waals surface area contributed by atoms with E-state index >= 15 is 0 Å². The van der Waals surface area contributed by atoms with Crippen LogP contribution in [-0.4, -0.2) is 26.1 Å². The summed E-state index contributed by atoms with van der Waals surface area (Å²) in [4.78, 5) is 2.36. The fourth-order valence-corrected chi connectivity index (χ4v) is 3.27. The smallest absolute Gasteiger partial charge is 0.137 e. The summed E-state index contributed by atoms with van der Waals surface area (Å²) in [5, 5.41) is 0.686. The Bertz CT molecular complexity index is 411. The van der Waals surface area contributed by atoms with Crippen LogP contribution < -0.4 is 4.74 Å². The van der Waals surface area contributed by atoms with E-state index in [9.17, 15) is 0 Å². The molecule has 18 heavy (non-hydrogen) atoms. The molecule has 0 radical (unpaired) electrons. The van der Waals surface area contributed by atoms with Crippen molar-refractivity contribution in [1.29, 1.82) is 0 Å². The molecule has 0 aliphatic heterocycles. The van der Waals surface area contributed by atoms with Crippen molar-refractivity contribution in [1.82, 2.24) is 4.90 Å². The third kappa shape index (κ3) is 2.36. The van der Waals surface area contributed by atoms with Crippen LogP contribution in [0.3, 0.4) is 0 Å². The lowest BCUT2D eigenvalue weighted by Crippen LogP contribution is -2.43. The second-order valence-corrected chi connectivity index (χ2v) is 5.74. The molecular formula is C15H22ClNO. The molecule has 1 saturated carbocycles. The molecule has 1 aliphatic rings. The average Bonchev–Trinajstić information content (AvgIpc) is 2.40. The summed E-state index contributed by atoms with van der Waals surface area (Å²) in [5.74, 6) is 0.779. The first-order chi connectivity index (χ1) is 8.60. The fraction of sp³-hybridized carbons (Fsp3) is 0.600. The van der Waals surface area contributed by atoms with E-state index in [4.69, 9.17) is 16.3 Å². The maximum absolute atomic E-state index is 6.12. The van der Waals surface area contributed by atoms with Gasteiger partial charge in [0.25, 0.3) is 0 Å². The molecule has 0 N–H and O–H groups in total.